The van der Waals surface area contributed by atoms with E-state index in [4.69, 9.17) is 4.74 Å². The van der Waals surface area contributed by atoms with Crippen LogP contribution in [0.15, 0.2) is 51.8 Å². The van der Waals surface area contributed by atoms with Crippen LogP contribution in [0.3, 0.4) is 0 Å². The maximum absolute atomic E-state index is 12.7. The minimum Gasteiger partial charge on any atom is -0.483 e. The number of anilines is 1. The van der Waals surface area contributed by atoms with Crippen LogP contribution in [-0.4, -0.2) is 38.3 Å². The first-order valence-corrected chi connectivity index (χ1v) is 12.9. The average molecular weight is 509 g/mol. The normalized spacial score (nSPS) is 16.0. The SMILES string of the molecule is CCC(C)c1ccc(OCC(=O)Nc2ccc(S(=O)(=O)N3CCCCC3)cc2)c(Br)c1. The highest BCUT2D eigenvalue weighted by Gasteiger charge is 2.25. The predicted octanol–water partition coefficient (Wildman–Crippen LogP) is 5.15. The first-order valence-electron chi connectivity index (χ1n) is 10.6. The zero-order valence-corrected chi connectivity index (χ0v) is 20.3. The third-order valence-electron chi connectivity index (χ3n) is 5.59. The topological polar surface area (TPSA) is 75.7 Å². The molecular weight excluding hydrogens is 480 g/mol. The number of hydrogen-bond donors (Lipinski definition) is 1. The van der Waals surface area contributed by atoms with Gasteiger partial charge in [0.15, 0.2) is 6.61 Å². The zero-order chi connectivity index (χ0) is 22.4. The Balaban J connectivity index is 1.56. The second kappa shape index (κ2) is 10.6. The molecule has 2 aromatic rings. The molecule has 1 N–H and O–H groups in total. The third kappa shape index (κ3) is 6.08. The summed E-state index contributed by atoms with van der Waals surface area (Å²) < 4.78 is 33.4. The number of halogens is 1. The van der Waals surface area contributed by atoms with Gasteiger partial charge in [-0.25, -0.2) is 8.42 Å². The number of nitrogens with zero attached hydrogens (tertiary/aromatic N) is 1. The van der Waals surface area contributed by atoms with E-state index >= 15 is 0 Å². The summed E-state index contributed by atoms with van der Waals surface area (Å²) in [4.78, 5) is 12.5. The molecule has 0 saturated carbocycles. The fourth-order valence-corrected chi connectivity index (χ4v) is 5.51. The lowest BCUT2D eigenvalue weighted by molar-refractivity contribution is -0.118. The first kappa shape index (κ1) is 23.8. The van der Waals surface area contributed by atoms with Crippen LogP contribution in [0, 0.1) is 0 Å². The molecule has 1 aliphatic rings. The van der Waals surface area contributed by atoms with Gasteiger partial charge in [0.2, 0.25) is 10.0 Å². The van der Waals surface area contributed by atoms with Gasteiger partial charge in [-0.1, -0.05) is 26.3 Å². The van der Waals surface area contributed by atoms with Gasteiger partial charge in [-0.2, -0.15) is 4.31 Å². The minimum atomic E-state index is -3.48. The second-order valence-electron chi connectivity index (χ2n) is 7.83. The summed E-state index contributed by atoms with van der Waals surface area (Å²) in [5.41, 5.74) is 1.74. The van der Waals surface area contributed by atoms with Gasteiger partial charge >= 0.3 is 0 Å². The maximum Gasteiger partial charge on any atom is 0.262 e. The van der Waals surface area contributed by atoms with Gasteiger partial charge in [0.05, 0.1) is 9.37 Å². The molecule has 1 heterocycles. The summed E-state index contributed by atoms with van der Waals surface area (Å²) in [5, 5.41) is 2.74. The predicted molar refractivity (Wildman–Crippen MR) is 126 cm³/mol. The van der Waals surface area contributed by atoms with Crippen molar-refractivity contribution in [3.63, 3.8) is 0 Å². The van der Waals surface area contributed by atoms with Gasteiger partial charge in [0.25, 0.3) is 5.91 Å². The second-order valence-corrected chi connectivity index (χ2v) is 10.6. The molecular formula is C23H29BrN2O4S. The summed E-state index contributed by atoms with van der Waals surface area (Å²) in [5.74, 6) is 0.741. The molecule has 31 heavy (non-hydrogen) atoms. The van der Waals surface area contributed by atoms with Crippen LogP contribution in [-0.2, 0) is 14.8 Å². The molecule has 1 atom stereocenters. The molecule has 3 rings (SSSR count). The molecule has 0 aromatic heterocycles. The molecule has 1 saturated heterocycles. The van der Waals surface area contributed by atoms with Crippen LogP contribution >= 0.6 is 15.9 Å². The smallest absolute Gasteiger partial charge is 0.262 e. The van der Waals surface area contributed by atoms with Gasteiger partial charge in [-0.05, 0) is 83.1 Å². The molecule has 0 radical (unpaired) electrons. The Hall–Kier alpha value is -1.90. The highest BCUT2D eigenvalue weighted by molar-refractivity contribution is 9.10. The summed E-state index contributed by atoms with van der Waals surface area (Å²) >= 11 is 3.50. The highest BCUT2D eigenvalue weighted by atomic mass is 79.9. The van der Waals surface area contributed by atoms with E-state index in [1.807, 2.05) is 18.2 Å². The number of rotatable bonds is 8. The average Bonchev–Trinajstić information content (AvgIpc) is 2.78. The Morgan fingerprint density at radius 1 is 1.13 bits per heavy atom. The van der Waals surface area contributed by atoms with Crippen LogP contribution in [0.25, 0.3) is 0 Å². The maximum atomic E-state index is 12.7. The molecule has 1 aliphatic heterocycles. The molecule has 0 bridgehead atoms. The quantitative estimate of drug-likeness (QED) is 0.534. The summed E-state index contributed by atoms with van der Waals surface area (Å²) in [6.07, 6.45) is 3.90. The van der Waals surface area contributed by atoms with Gasteiger partial charge in [-0.3, -0.25) is 4.79 Å². The number of benzene rings is 2. The zero-order valence-electron chi connectivity index (χ0n) is 17.9. The molecule has 8 heteroatoms. The largest absolute Gasteiger partial charge is 0.483 e. The number of carbonyl (C=O) groups excluding carboxylic acids is 1. The van der Waals surface area contributed by atoms with Crippen molar-refractivity contribution < 1.29 is 17.9 Å². The van der Waals surface area contributed by atoms with E-state index in [0.29, 0.717) is 30.4 Å². The van der Waals surface area contributed by atoms with Crippen molar-refractivity contribution in [2.24, 2.45) is 0 Å². The fraction of sp³-hybridized carbons (Fsp3) is 0.435. The van der Waals surface area contributed by atoms with Crippen molar-refractivity contribution >= 4 is 37.5 Å². The molecule has 1 fully saturated rings. The van der Waals surface area contributed by atoms with Gasteiger partial charge in [0, 0.05) is 18.8 Å². The number of ether oxygens (including phenoxy) is 1. The Morgan fingerprint density at radius 3 is 2.42 bits per heavy atom. The van der Waals surface area contributed by atoms with E-state index in [1.54, 1.807) is 12.1 Å². The lowest BCUT2D eigenvalue weighted by atomic mass is 9.99. The Labute approximate surface area is 193 Å². The van der Waals surface area contributed by atoms with Crippen molar-refractivity contribution in [1.82, 2.24) is 4.31 Å². The lowest BCUT2D eigenvalue weighted by Crippen LogP contribution is -2.35. The molecule has 2 aromatic carbocycles. The number of carbonyl (C=O) groups is 1. The van der Waals surface area contributed by atoms with Gasteiger partial charge < -0.3 is 10.1 Å². The molecule has 168 valence electrons. The lowest BCUT2D eigenvalue weighted by Gasteiger charge is -2.25. The van der Waals surface area contributed by atoms with Crippen molar-refractivity contribution in [3.8, 4) is 5.75 Å². The van der Waals surface area contributed by atoms with Crippen LogP contribution in [0.1, 0.15) is 51.0 Å². The van der Waals surface area contributed by atoms with Crippen LogP contribution in [0.5, 0.6) is 5.75 Å². The van der Waals surface area contributed by atoms with E-state index in [1.165, 1.54) is 22.0 Å². The van der Waals surface area contributed by atoms with E-state index in [2.05, 4.69) is 35.1 Å². The number of sulfonamides is 1. The van der Waals surface area contributed by atoms with Crippen LogP contribution < -0.4 is 10.1 Å². The molecule has 0 aliphatic carbocycles. The molecule has 6 nitrogen and oxygen atoms in total. The molecule has 1 unspecified atom stereocenters. The number of hydrogen-bond acceptors (Lipinski definition) is 4. The van der Waals surface area contributed by atoms with Gasteiger partial charge in [-0.15, -0.1) is 0 Å². The Kier molecular flexibility index (Phi) is 8.13. The monoisotopic (exact) mass is 508 g/mol. The van der Waals surface area contributed by atoms with Crippen molar-refractivity contribution in [2.45, 2.75) is 50.3 Å². The van der Waals surface area contributed by atoms with E-state index < -0.39 is 10.0 Å². The Morgan fingerprint density at radius 2 is 1.81 bits per heavy atom. The van der Waals surface area contributed by atoms with Crippen molar-refractivity contribution in [2.75, 3.05) is 25.0 Å². The first-order chi connectivity index (χ1) is 14.8. The minimum absolute atomic E-state index is 0.144. The van der Waals surface area contributed by atoms with E-state index in [0.717, 1.165) is 30.2 Å². The summed E-state index contributed by atoms with van der Waals surface area (Å²) in [6.45, 7) is 5.29. The molecule has 0 spiro atoms. The standard InChI is InChI=1S/C23H29BrN2O4S/c1-3-17(2)18-7-12-22(21(24)15-18)30-16-23(27)25-19-8-10-20(11-9-19)31(28,29)26-13-5-4-6-14-26/h7-12,15,17H,3-6,13-14,16H2,1-2H3,(H,25,27). The molecule has 1 amide bonds. The van der Waals surface area contributed by atoms with Gasteiger partial charge in [0.1, 0.15) is 5.75 Å². The highest BCUT2D eigenvalue weighted by Crippen LogP contribution is 2.30. The van der Waals surface area contributed by atoms with Crippen molar-refractivity contribution in [3.05, 3.63) is 52.5 Å². The van der Waals surface area contributed by atoms with Crippen molar-refractivity contribution in [1.29, 1.82) is 0 Å². The fourth-order valence-electron chi connectivity index (χ4n) is 3.48. The number of amides is 1. The number of nitrogens with one attached hydrogen (secondary N) is 1. The Bertz CT molecular complexity index is 1000. The van der Waals surface area contributed by atoms with E-state index in [9.17, 15) is 13.2 Å². The summed E-state index contributed by atoms with van der Waals surface area (Å²) in [7, 11) is -3.48. The van der Waals surface area contributed by atoms with E-state index in [-0.39, 0.29) is 17.4 Å². The van der Waals surface area contributed by atoms with Crippen LogP contribution in [0.4, 0.5) is 5.69 Å². The van der Waals surface area contributed by atoms with Crippen LogP contribution in [0.2, 0.25) is 0 Å². The summed E-state index contributed by atoms with van der Waals surface area (Å²) in [6, 6.07) is 12.2. The third-order valence-corrected chi connectivity index (χ3v) is 8.12. The number of piperidine rings is 1.